The second kappa shape index (κ2) is 6.17. The van der Waals surface area contributed by atoms with Gasteiger partial charge in [0, 0.05) is 12.2 Å². The number of nitrogens with one attached hydrogen (secondary N) is 1. The third kappa shape index (κ3) is 3.89. The number of hydrogen-bond donors (Lipinski definition) is 3. The Balaban J connectivity index is 1.99. The number of nitrogens with two attached hydrogens (primary N) is 1. The van der Waals surface area contributed by atoms with Crippen LogP contribution in [0.3, 0.4) is 0 Å². The van der Waals surface area contributed by atoms with Crippen molar-refractivity contribution in [1.82, 2.24) is 9.88 Å². The fourth-order valence-corrected chi connectivity index (χ4v) is 2.84. The Hall–Kier alpha value is -1.70. The number of anilines is 2. The summed E-state index contributed by atoms with van der Waals surface area (Å²) in [4.78, 5) is 17.9. The number of aliphatic hydroxyl groups excluding tert-OH is 1. The number of amides is 1. The maximum absolute atomic E-state index is 11.9. The molecule has 0 saturated carbocycles. The van der Waals surface area contributed by atoms with E-state index in [0.717, 1.165) is 10.2 Å². The molecule has 1 aromatic carbocycles. The average molecular weight is 294 g/mol. The molecule has 20 heavy (non-hydrogen) atoms. The summed E-state index contributed by atoms with van der Waals surface area (Å²) in [6, 6.07) is 5.45. The highest BCUT2D eigenvalue weighted by atomic mass is 32.1. The number of nitrogens with zero attached hydrogens (tertiary/aromatic N) is 2. The van der Waals surface area contributed by atoms with Gasteiger partial charge in [0.1, 0.15) is 0 Å². The van der Waals surface area contributed by atoms with Gasteiger partial charge in [-0.3, -0.25) is 9.69 Å². The molecule has 0 saturated heterocycles. The van der Waals surface area contributed by atoms with Crippen LogP contribution in [0.4, 0.5) is 10.8 Å². The van der Waals surface area contributed by atoms with E-state index in [9.17, 15) is 9.90 Å². The van der Waals surface area contributed by atoms with E-state index in [1.165, 1.54) is 11.3 Å². The molecule has 1 heterocycles. The summed E-state index contributed by atoms with van der Waals surface area (Å²) in [6.07, 6.45) is -0.460. The van der Waals surface area contributed by atoms with E-state index in [2.05, 4.69) is 10.3 Å². The Labute approximate surface area is 121 Å². The molecule has 1 amide bonds. The van der Waals surface area contributed by atoms with Crippen LogP contribution in [0.1, 0.15) is 6.92 Å². The van der Waals surface area contributed by atoms with Crippen LogP contribution in [0.2, 0.25) is 0 Å². The molecule has 0 aliphatic heterocycles. The first-order valence-corrected chi connectivity index (χ1v) is 7.08. The SMILES string of the molecule is CC(O)CN(C)CC(=O)Nc1nc2ccc(N)cc2s1. The van der Waals surface area contributed by atoms with E-state index < -0.39 is 6.10 Å². The summed E-state index contributed by atoms with van der Waals surface area (Å²) in [5, 5.41) is 12.6. The first-order chi connectivity index (χ1) is 9.44. The number of aromatic nitrogens is 1. The molecule has 2 aromatic rings. The van der Waals surface area contributed by atoms with Gasteiger partial charge >= 0.3 is 0 Å². The van der Waals surface area contributed by atoms with Crippen molar-refractivity contribution in [3.05, 3.63) is 18.2 Å². The summed E-state index contributed by atoms with van der Waals surface area (Å²) >= 11 is 1.39. The van der Waals surface area contributed by atoms with Crippen molar-refractivity contribution in [3.8, 4) is 0 Å². The van der Waals surface area contributed by atoms with Gasteiger partial charge in [-0.05, 0) is 32.2 Å². The summed E-state index contributed by atoms with van der Waals surface area (Å²) in [5.74, 6) is -0.153. The van der Waals surface area contributed by atoms with Gasteiger partial charge in [0.05, 0.1) is 22.9 Å². The van der Waals surface area contributed by atoms with Gasteiger partial charge in [0.15, 0.2) is 5.13 Å². The Morgan fingerprint density at radius 3 is 3.05 bits per heavy atom. The van der Waals surface area contributed by atoms with Crippen molar-refractivity contribution >= 4 is 38.3 Å². The molecular formula is C13H18N4O2S. The number of carbonyl (C=O) groups excluding carboxylic acids is 1. The maximum atomic E-state index is 11.9. The molecule has 6 nitrogen and oxygen atoms in total. The Bertz CT molecular complexity index is 611. The number of rotatable bonds is 5. The van der Waals surface area contributed by atoms with Gasteiger partial charge in [-0.1, -0.05) is 11.3 Å². The number of aliphatic hydroxyl groups is 1. The molecule has 1 atom stereocenters. The number of carbonyl (C=O) groups is 1. The zero-order valence-corrected chi connectivity index (χ0v) is 12.3. The van der Waals surface area contributed by atoms with E-state index >= 15 is 0 Å². The first kappa shape index (κ1) is 14.7. The molecule has 0 aliphatic rings. The lowest BCUT2D eigenvalue weighted by Crippen LogP contribution is -2.34. The van der Waals surface area contributed by atoms with Crippen LogP contribution in [0, 0.1) is 0 Å². The van der Waals surface area contributed by atoms with Gasteiger partial charge in [-0.25, -0.2) is 4.98 Å². The zero-order chi connectivity index (χ0) is 14.7. The standard InChI is InChI=1S/C13H18N4O2S/c1-8(18)6-17(2)7-12(19)16-13-15-10-4-3-9(14)5-11(10)20-13/h3-5,8,18H,6-7,14H2,1-2H3,(H,15,16,19). The van der Waals surface area contributed by atoms with Crippen LogP contribution in [0.25, 0.3) is 10.2 Å². The fourth-order valence-electron chi connectivity index (χ4n) is 1.91. The van der Waals surface area contributed by atoms with Crippen LogP contribution in [0.15, 0.2) is 18.2 Å². The molecule has 0 fully saturated rings. The summed E-state index contributed by atoms with van der Waals surface area (Å²) in [5.41, 5.74) is 7.20. The number of thiazole rings is 1. The van der Waals surface area contributed by atoms with Gasteiger partial charge in [0.2, 0.25) is 5.91 Å². The van der Waals surface area contributed by atoms with Crippen LogP contribution in [0.5, 0.6) is 0 Å². The van der Waals surface area contributed by atoms with Crippen molar-refractivity contribution in [2.45, 2.75) is 13.0 Å². The largest absolute Gasteiger partial charge is 0.399 e. The predicted molar refractivity (Wildman–Crippen MR) is 81.8 cm³/mol. The number of likely N-dealkylation sites (N-methyl/N-ethyl adjacent to an activating group) is 1. The lowest BCUT2D eigenvalue weighted by molar-refractivity contribution is -0.117. The van der Waals surface area contributed by atoms with Gasteiger partial charge in [-0.2, -0.15) is 0 Å². The molecule has 0 radical (unpaired) electrons. The van der Waals surface area contributed by atoms with Gasteiger partial charge in [-0.15, -0.1) is 0 Å². The van der Waals surface area contributed by atoms with Crippen LogP contribution in [-0.2, 0) is 4.79 Å². The predicted octanol–water partition coefficient (Wildman–Crippen LogP) is 1.13. The molecule has 1 unspecified atom stereocenters. The third-order valence-electron chi connectivity index (χ3n) is 2.65. The second-order valence-corrected chi connectivity index (χ2v) is 5.87. The van der Waals surface area contributed by atoms with Gasteiger partial charge in [0.25, 0.3) is 0 Å². The number of hydrogen-bond acceptors (Lipinski definition) is 6. The summed E-state index contributed by atoms with van der Waals surface area (Å²) < 4.78 is 0.942. The molecule has 1 aromatic heterocycles. The molecule has 108 valence electrons. The van der Waals surface area contributed by atoms with Crippen molar-refractivity contribution in [2.24, 2.45) is 0 Å². The van der Waals surface area contributed by atoms with Crippen molar-refractivity contribution in [2.75, 3.05) is 31.2 Å². The monoisotopic (exact) mass is 294 g/mol. The summed E-state index contributed by atoms with van der Waals surface area (Å²) in [6.45, 7) is 2.35. The topological polar surface area (TPSA) is 91.5 Å². The van der Waals surface area contributed by atoms with Crippen LogP contribution >= 0.6 is 11.3 Å². The molecule has 0 spiro atoms. The Morgan fingerprint density at radius 1 is 1.60 bits per heavy atom. The van der Waals surface area contributed by atoms with Crippen LogP contribution in [-0.4, -0.2) is 47.1 Å². The smallest absolute Gasteiger partial charge is 0.240 e. The minimum Gasteiger partial charge on any atom is -0.399 e. The fraction of sp³-hybridized carbons (Fsp3) is 0.385. The minimum atomic E-state index is -0.460. The highest BCUT2D eigenvalue weighted by molar-refractivity contribution is 7.22. The Kier molecular flexibility index (Phi) is 4.53. The zero-order valence-electron chi connectivity index (χ0n) is 11.5. The normalized spacial score (nSPS) is 12.8. The highest BCUT2D eigenvalue weighted by Gasteiger charge is 2.11. The number of fused-ring (bicyclic) bond motifs is 1. The molecule has 2 rings (SSSR count). The summed E-state index contributed by atoms with van der Waals surface area (Å²) in [7, 11) is 1.78. The van der Waals surface area contributed by atoms with E-state index in [4.69, 9.17) is 5.73 Å². The highest BCUT2D eigenvalue weighted by Crippen LogP contribution is 2.27. The van der Waals surface area contributed by atoms with E-state index in [1.54, 1.807) is 24.9 Å². The number of nitrogen functional groups attached to an aromatic ring is 1. The van der Waals surface area contributed by atoms with Crippen molar-refractivity contribution < 1.29 is 9.90 Å². The molecule has 0 aliphatic carbocycles. The Morgan fingerprint density at radius 2 is 2.35 bits per heavy atom. The van der Waals surface area contributed by atoms with Crippen LogP contribution < -0.4 is 11.1 Å². The molecule has 7 heteroatoms. The quantitative estimate of drug-likeness (QED) is 0.719. The average Bonchev–Trinajstić information content (AvgIpc) is 2.68. The van der Waals surface area contributed by atoms with Crippen molar-refractivity contribution in [1.29, 1.82) is 0 Å². The lowest BCUT2D eigenvalue weighted by Gasteiger charge is -2.16. The maximum Gasteiger partial charge on any atom is 0.240 e. The van der Waals surface area contributed by atoms with E-state index in [1.807, 2.05) is 12.1 Å². The second-order valence-electron chi connectivity index (χ2n) is 4.84. The minimum absolute atomic E-state index is 0.153. The lowest BCUT2D eigenvalue weighted by atomic mass is 10.3. The third-order valence-corrected chi connectivity index (χ3v) is 3.58. The first-order valence-electron chi connectivity index (χ1n) is 6.26. The van der Waals surface area contributed by atoms with Gasteiger partial charge < -0.3 is 16.2 Å². The molecular weight excluding hydrogens is 276 g/mol. The van der Waals surface area contributed by atoms with E-state index in [0.29, 0.717) is 17.4 Å². The van der Waals surface area contributed by atoms with Crippen molar-refractivity contribution in [3.63, 3.8) is 0 Å². The molecule has 4 N–H and O–H groups in total. The molecule has 0 bridgehead atoms. The van der Waals surface area contributed by atoms with E-state index in [-0.39, 0.29) is 12.5 Å². The number of benzene rings is 1.